The SMILES string of the molecule is COC(=O)c1cc(F)c2c(c1)CCN(C1CC3(CCCCN3C)C1)C2. The Morgan fingerprint density at radius 1 is 1.28 bits per heavy atom. The van der Waals surface area contributed by atoms with Gasteiger partial charge in [-0.3, -0.25) is 4.90 Å². The molecule has 136 valence electrons. The molecule has 2 aliphatic heterocycles. The van der Waals surface area contributed by atoms with Crippen LogP contribution in [-0.2, 0) is 17.7 Å². The zero-order chi connectivity index (χ0) is 17.6. The molecule has 1 aromatic carbocycles. The average Bonchev–Trinajstić information content (AvgIpc) is 2.59. The fourth-order valence-electron chi connectivity index (χ4n) is 5.01. The maximum absolute atomic E-state index is 14.6. The van der Waals surface area contributed by atoms with Gasteiger partial charge in [-0.15, -0.1) is 0 Å². The number of esters is 1. The maximum atomic E-state index is 14.6. The fourth-order valence-corrected chi connectivity index (χ4v) is 5.01. The van der Waals surface area contributed by atoms with Crippen LogP contribution in [0.1, 0.15) is 53.6 Å². The normalized spacial score (nSPS) is 30.0. The van der Waals surface area contributed by atoms with Gasteiger partial charge in [0, 0.05) is 30.2 Å². The third-order valence-corrected chi connectivity index (χ3v) is 6.68. The summed E-state index contributed by atoms with van der Waals surface area (Å²) < 4.78 is 19.3. The first kappa shape index (κ1) is 17.0. The summed E-state index contributed by atoms with van der Waals surface area (Å²) in [5.41, 5.74) is 2.44. The molecule has 4 nitrogen and oxygen atoms in total. The lowest BCUT2D eigenvalue weighted by molar-refractivity contribution is -0.0639. The predicted octanol–water partition coefficient (Wildman–Crippen LogP) is 2.99. The van der Waals surface area contributed by atoms with Crippen molar-refractivity contribution < 1.29 is 13.9 Å². The molecule has 0 amide bonds. The van der Waals surface area contributed by atoms with Gasteiger partial charge in [0.15, 0.2) is 0 Å². The Balaban J connectivity index is 1.46. The summed E-state index contributed by atoms with van der Waals surface area (Å²) in [5, 5.41) is 0. The number of ether oxygens (including phenoxy) is 1. The molecular weight excluding hydrogens is 319 g/mol. The van der Waals surface area contributed by atoms with Crippen LogP contribution in [0.4, 0.5) is 4.39 Å². The number of nitrogens with zero attached hydrogens (tertiary/aromatic N) is 2. The zero-order valence-corrected chi connectivity index (χ0v) is 15.2. The molecule has 4 rings (SSSR count). The van der Waals surface area contributed by atoms with Crippen LogP contribution in [0.25, 0.3) is 0 Å². The Hall–Kier alpha value is -1.46. The van der Waals surface area contributed by atoms with Crippen molar-refractivity contribution in [3.8, 4) is 0 Å². The van der Waals surface area contributed by atoms with Gasteiger partial charge in [-0.05, 0) is 63.4 Å². The molecule has 0 bridgehead atoms. The van der Waals surface area contributed by atoms with E-state index in [0.717, 1.165) is 24.1 Å². The molecule has 1 spiro atoms. The van der Waals surface area contributed by atoms with Gasteiger partial charge in [0.2, 0.25) is 0 Å². The molecule has 0 N–H and O–H groups in total. The summed E-state index contributed by atoms with van der Waals surface area (Å²) >= 11 is 0. The largest absolute Gasteiger partial charge is 0.465 e. The molecule has 0 unspecified atom stereocenters. The minimum Gasteiger partial charge on any atom is -0.465 e. The van der Waals surface area contributed by atoms with E-state index in [1.54, 1.807) is 6.07 Å². The monoisotopic (exact) mass is 346 g/mol. The molecule has 1 saturated heterocycles. The van der Waals surface area contributed by atoms with Gasteiger partial charge < -0.3 is 9.64 Å². The number of piperidine rings is 1. The minimum atomic E-state index is -0.467. The van der Waals surface area contributed by atoms with Crippen LogP contribution in [0.3, 0.4) is 0 Å². The number of methoxy groups -OCH3 is 1. The highest BCUT2D eigenvalue weighted by Crippen LogP contribution is 2.46. The molecule has 2 fully saturated rings. The van der Waals surface area contributed by atoms with Gasteiger partial charge in [0.25, 0.3) is 0 Å². The summed E-state index contributed by atoms with van der Waals surface area (Å²) in [4.78, 5) is 16.7. The van der Waals surface area contributed by atoms with E-state index < -0.39 is 5.97 Å². The number of hydrogen-bond acceptors (Lipinski definition) is 4. The molecule has 3 aliphatic rings. The van der Waals surface area contributed by atoms with Crippen LogP contribution in [0.5, 0.6) is 0 Å². The lowest BCUT2D eigenvalue weighted by Gasteiger charge is -2.58. The molecule has 5 heteroatoms. The molecule has 2 heterocycles. The van der Waals surface area contributed by atoms with Crippen molar-refractivity contribution in [3.05, 3.63) is 34.6 Å². The Morgan fingerprint density at radius 3 is 2.80 bits per heavy atom. The Morgan fingerprint density at radius 2 is 2.08 bits per heavy atom. The van der Waals surface area contributed by atoms with Crippen molar-refractivity contribution in [2.45, 2.75) is 56.7 Å². The number of halogens is 1. The van der Waals surface area contributed by atoms with Crippen LogP contribution in [-0.4, -0.2) is 54.6 Å². The molecular formula is C20H27FN2O2. The average molecular weight is 346 g/mol. The van der Waals surface area contributed by atoms with E-state index in [-0.39, 0.29) is 5.82 Å². The number of hydrogen-bond donors (Lipinski definition) is 0. The van der Waals surface area contributed by atoms with Crippen molar-refractivity contribution in [1.82, 2.24) is 9.80 Å². The second-order valence-corrected chi connectivity index (χ2v) is 7.97. The third-order valence-electron chi connectivity index (χ3n) is 6.68. The lowest BCUT2D eigenvalue weighted by Crippen LogP contribution is -2.64. The van der Waals surface area contributed by atoms with E-state index in [0.29, 0.717) is 23.7 Å². The number of carbonyl (C=O) groups excluding carboxylic acids is 1. The first-order valence-electron chi connectivity index (χ1n) is 9.37. The van der Waals surface area contributed by atoms with Crippen LogP contribution in [0.15, 0.2) is 12.1 Å². The highest BCUT2D eigenvalue weighted by atomic mass is 19.1. The second-order valence-electron chi connectivity index (χ2n) is 7.97. The Bertz CT molecular complexity index is 685. The molecule has 0 atom stereocenters. The fraction of sp³-hybridized carbons (Fsp3) is 0.650. The van der Waals surface area contributed by atoms with Crippen LogP contribution >= 0.6 is 0 Å². The topological polar surface area (TPSA) is 32.8 Å². The smallest absolute Gasteiger partial charge is 0.337 e. The summed E-state index contributed by atoms with van der Waals surface area (Å²) in [6.07, 6.45) is 7.18. The summed E-state index contributed by atoms with van der Waals surface area (Å²) in [6, 6.07) is 3.69. The standard InChI is InChI=1S/C20H27FN2O2/c1-22-7-4-3-6-20(22)11-16(12-20)23-8-5-14-9-15(19(24)25-2)10-18(21)17(14)13-23/h9-10,16H,3-8,11-13H2,1-2H3. The van der Waals surface area contributed by atoms with E-state index >= 15 is 0 Å². The van der Waals surface area contributed by atoms with Gasteiger partial charge in [-0.1, -0.05) is 6.42 Å². The second kappa shape index (κ2) is 6.36. The van der Waals surface area contributed by atoms with Crippen LogP contribution in [0, 0.1) is 5.82 Å². The van der Waals surface area contributed by atoms with Crippen LogP contribution in [0.2, 0.25) is 0 Å². The number of carbonyl (C=O) groups is 1. The van der Waals surface area contributed by atoms with Crippen molar-refractivity contribution >= 4 is 5.97 Å². The van der Waals surface area contributed by atoms with Gasteiger partial charge in [-0.25, -0.2) is 9.18 Å². The van der Waals surface area contributed by atoms with E-state index in [1.807, 2.05) is 0 Å². The van der Waals surface area contributed by atoms with Gasteiger partial charge in [0.1, 0.15) is 5.82 Å². The number of rotatable bonds is 2. The molecule has 1 aromatic rings. The number of likely N-dealkylation sites (tertiary alicyclic amines) is 1. The third kappa shape index (κ3) is 2.87. The Labute approximate surface area is 148 Å². The predicted molar refractivity (Wildman–Crippen MR) is 94.1 cm³/mol. The Kier molecular flexibility index (Phi) is 4.32. The maximum Gasteiger partial charge on any atom is 0.337 e. The van der Waals surface area contributed by atoms with E-state index in [9.17, 15) is 9.18 Å². The van der Waals surface area contributed by atoms with Crippen molar-refractivity contribution in [2.24, 2.45) is 0 Å². The summed E-state index contributed by atoms with van der Waals surface area (Å²) in [6.45, 7) is 2.81. The number of fused-ring (bicyclic) bond motifs is 1. The van der Waals surface area contributed by atoms with Crippen molar-refractivity contribution in [2.75, 3.05) is 27.2 Å². The van der Waals surface area contributed by atoms with Gasteiger partial charge in [-0.2, -0.15) is 0 Å². The van der Waals surface area contributed by atoms with Crippen LogP contribution < -0.4 is 0 Å². The lowest BCUT2D eigenvalue weighted by atomic mass is 9.66. The van der Waals surface area contributed by atoms with E-state index in [4.69, 9.17) is 4.74 Å². The van der Waals surface area contributed by atoms with Crippen molar-refractivity contribution in [3.63, 3.8) is 0 Å². The van der Waals surface area contributed by atoms with E-state index in [1.165, 1.54) is 51.8 Å². The highest BCUT2D eigenvalue weighted by Gasteiger charge is 2.50. The highest BCUT2D eigenvalue weighted by molar-refractivity contribution is 5.89. The first-order chi connectivity index (χ1) is 12.0. The zero-order valence-electron chi connectivity index (χ0n) is 15.2. The summed E-state index contributed by atoms with van der Waals surface area (Å²) in [5.74, 6) is -0.739. The molecule has 1 aliphatic carbocycles. The molecule has 0 aromatic heterocycles. The minimum absolute atomic E-state index is 0.272. The summed E-state index contributed by atoms with van der Waals surface area (Å²) in [7, 11) is 3.59. The first-order valence-corrected chi connectivity index (χ1v) is 9.37. The molecule has 25 heavy (non-hydrogen) atoms. The molecule has 0 radical (unpaired) electrons. The molecule has 1 saturated carbocycles. The van der Waals surface area contributed by atoms with E-state index in [2.05, 4.69) is 16.8 Å². The van der Waals surface area contributed by atoms with Gasteiger partial charge >= 0.3 is 5.97 Å². The number of benzene rings is 1. The van der Waals surface area contributed by atoms with Crippen molar-refractivity contribution in [1.29, 1.82) is 0 Å². The quantitative estimate of drug-likeness (QED) is 0.771. The van der Waals surface area contributed by atoms with Gasteiger partial charge in [0.05, 0.1) is 12.7 Å².